The molecular weight excluding hydrogens is 513 g/mol. The average molecular weight is 551 g/mol. The number of aliphatic carboxylic acids is 2. The number of fused-ring (bicyclic) bond motifs is 1. The SMILES string of the molecule is CCCCCCCCCCCCn1c(N)[n+](Cc2ccc(Cl)c(Cl)c2)c2ccccc21.O=C([O-])C(=O)O. The van der Waals surface area contributed by atoms with E-state index >= 15 is 0 Å². The Labute approximate surface area is 228 Å². The van der Waals surface area contributed by atoms with Gasteiger partial charge < -0.3 is 15.0 Å². The number of imidazole rings is 1. The van der Waals surface area contributed by atoms with Crippen molar-refractivity contribution in [3.63, 3.8) is 0 Å². The first kappa shape index (κ1) is 30.5. The van der Waals surface area contributed by atoms with E-state index in [1.165, 1.54) is 63.3 Å². The van der Waals surface area contributed by atoms with Crippen LogP contribution in [0.25, 0.3) is 11.0 Å². The fourth-order valence-corrected chi connectivity index (χ4v) is 4.61. The summed E-state index contributed by atoms with van der Waals surface area (Å²) in [4.78, 5) is 18.0. The fourth-order valence-electron chi connectivity index (χ4n) is 4.29. The number of nitrogen functional groups attached to an aromatic ring is 1. The molecule has 0 spiro atoms. The maximum absolute atomic E-state index is 9.04. The monoisotopic (exact) mass is 549 g/mol. The Hall–Kier alpha value is -2.77. The molecule has 0 atom stereocenters. The highest BCUT2D eigenvalue weighted by Crippen LogP contribution is 2.24. The van der Waals surface area contributed by atoms with E-state index in [-0.39, 0.29) is 0 Å². The number of hydrogen-bond acceptors (Lipinski definition) is 4. The molecule has 0 aliphatic carbocycles. The minimum absolute atomic E-state index is 0.576. The van der Waals surface area contributed by atoms with Crippen molar-refractivity contribution in [2.24, 2.45) is 0 Å². The number of carboxylic acids is 2. The lowest BCUT2D eigenvalue weighted by Gasteiger charge is -2.05. The van der Waals surface area contributed by atoms with Gasteiger partial charge in [0, 0.05) is 0 Å². The second-order valence-corrected chi connectivity index (χ2v) is 9.92. The molecule has 0 aliphatic heterocycles. The highest BCUT2D eigenvalue weighted by Gasteiger charge is 2.20. The van der Waals surface area contributed by atoms with Gasteiger partial charge in [-0.1, -0.05) is 106 Å². The summed E-state index contributed by atoms with van der Waals surface area (Å²) in [5.41, 5.74) is 10.1. The highest BCUT2D eigenvalue weighted by molar-refractivity contribution is 6.42. The van der Waals surface area contributed by atoms with E-state index in [0.29, 0.717) is 16.6 Å². The minimum atomic E-state index is -2.07. The molecule has 3 rings (SSSR count). The topological polar surface area (TPSA) is 112 Å². The number of nitrogens with two attached hydrogens (primary N) is 1. The van der Waals surface area contributed by atoms with Gasteiger partial charge in [0.1, 0.15) is 11.0 Å². The largest absolute Gasteiger partial charge is 0.539 e. The molecule has 7 nitrogen and oxygen atoms in total. The van der Waals surface area contributed by atoms with Crippen molar-refractivity contribution in [3.8, 4) is 0 Å². The molecule has 1 aromatic heterocycles. The first-order chi connectivity index (χ1) is 17.8. The van der Waals surface area contributed by atoms with Crippen molar-refractivity contribution in [2.45, 2.75) is 84.2 Å². The molecule has 3 aromatic rings. The number of carbonyl (C=O) groups excluding carboxylic acids is 1. The van der Waals surface area contributed by atoms with E-state index in [9.17, 15) is 0 Å². The molecule has 9 heteroatoms. The predicted molar refractivity (Wildman–Crippen MR) is 147 cm³/mol. The quantitative estimate of drug-likeness (QED) is 0.163. The maximum atomic E-state index is 9.04. The van der Waals surface area contributed by atoms with Crippen LogP contribution in [0.3, 0.4) is 0 Å². The smallest absolute Gasteiger partial charge is 0.356 e. The minimum Gasteiger partial charge on any atom is -0.539 e. The summed E-state index contributed by atoms with van der Waals surface area (Å²) >= 11 is 12.3. The van der Waals surface area contributed by atoms with Gasteiger partial charge in [-0.3, -0.25) is 5.73 Å². The van der Waals surface area contributed by atoms with E-state index in [4.69, 9.17) is 48.7 Å². The molecule has 3 N–H and O–H groups in total. The van der Waals surface area contributed by atoms with Crippen LogP contribution in [0.1, 0.15) is 76.7 Å². The van der Waals surface area contributed by atoms with Gasteiger partial charge >= 0.3 is 11.9 Å². The third kappa shape index (κ3) is 9.90. The fraction of sp³-hybridized carbons (Fsp3) is 0.464. The number of benzene rings is 2. The van der Waals surface area contributed by atoms with Crippen LogP contribution >= 0.6 is 23.2 Å². The summed E-state index contributed by atoms with van der Waals surface area (Å²) in [5, 5.41) is 17.5. The summed E-state index contributed by atoms with van der Waals surface area (Å²) < 4.78 is 4.43. The standard InChI is InChI=1S/C26H35Cl2N3.C2H2O4/c1-2-3-4-5-6-7-8-9-10-13-18-30-24-14-11-12-15-25(24)31(26(30)29)20-21-16-17-22(27)23(28)19-21;3-1(4)2(5)6/h11-12,14-17,19,29H,2-10,13,18,20H2,1H3;(H,3,4)(H,5,6). The third-order valence-corrected chi connectivity index (χ3v) is 6.99. The number of rotatable bonds is 13. The summed E-state index contributed by atoms with van der Waals surface area (Å²) in [6.45, 7) is 3.90. The Balaban J connectivity index is 0.000000717. The number of para-hydroxylation sites is 2. The van der Waals surface area contributed by atoms with Crippen LogP contribution in [0.15, 0.2) is 42.5 Å². The van der Waals surface area contributed by atoms with Gasteiger partial charge in [-0.15, -0.1) is 0 Å². The number of halogens is 2. The lowest BCUT2D eigenvalue weighted by Crippen LogP contribution is -2.37. The maximum Gasteiger partial charge on any atom is 0.356 e. The first-order valence-electron chi connectivity index (χ1n) is 12.9. The number of aromatic nitrogens is 2. The van der Waals surface area contributed by atoms with E-state index in [1.54, 1.807) is 0 Å². The molecule has 37 heavy (non-hydrogen) atoms. The second-order valence-electron chi connectivity index (χ2n) is 9.11. The van der Waals surface area contributed by atoms with Crippen LogP contribution in [0.5, 0.6) is 0 Å². The zero-order chi connectivity index (χ0) is 27.2. The van der Waals surface area contributed by atoms with Crippen LogP contribution in [0.4, 0.5) is 5.95 Å². The van der Waals surface area contributed by atoms with Crippen LogP contribution in [0, 0.1) is 0 Å². The first-order valence-corrected chi connectivity index (χ1v) is 13.7. The van der Waals surface area contributed by atoms with Gasteiger partial charge in [-0.2, -0.15) is 0 Å². The molecule has 0 saturated heterocycles. The van der Waals surface area contributed by atoms with Crippen LogP contribution < -0.4 is 15.4 Å². The van der Waals surface area contributed by atoms with E-state index in [2.05, 4.69) is 40.3 Å². The zero-order valence-electron chi connectivity index (χ0n) is 21.4. The van der Waals surface area contributed by atoms with E-state index in [1.807, 2.05) is 18.2 Å². The van der Waals surface area contributed by atoms with Crippen molar-refractivity contribution in [2.75, 3.05) is 5.73 Å². The molecule has 0 radical (unpaired) electrons. The molecule has 0 aliphatic rings. The van der Waals surface area contributed by atoms with Gasteiger partial charge in [0.15, 0.2) is 5.97 Å². The Kier molecular flexibility index (Phi) is 13.3. The van der Waals surface area contributed by atoms with Crippen LogP contribution in [-0.2, 0) is 22.7 Å². The number of carbonyl (C=O) groups is 2. The lowest BCUT2D eigenvalue weighted by atomic mass is 10.1. The molecule has 202 valence electrons. The van der Waals surface area contributed by atoms with Gasteiger partial charge in [-0.05, 0) is 36.2 Å². The summed E-state index contributed by atoms with van der Waals surface area (Å²) in [7, 11) is 0. The summed E-state index contributed by atoms with van der Waals surface area (Å²) in [6, 6.07) is 14.2. The molecule has 0 unspecified atom stereocenters. The highest BCUT2D eigenvalue weighted by atomic mass is 35.5. The van der Waals surface area contributed by atoms with Crippen LogP contribution in [-0.4, -0.2) is 21.6 Å². The zero-order valence-corrected chi connectivity index (χ0v) is 22.9. The molecule has 0 saturated carbocycles. The van der Waals surface area contributed by atoms with Crippen LogP contribution in [0.2, 0.25) is 10.0 Å². The Morgan fingerprint density at radius 1 is 0.919 bits per heavy atom. The molecule has 1 heterocycles. The van der Waals surface area contributed by atoms with Crippen molar-refractivity contribution in [1.29, 1.82) is 0 Å². The van der Waals surface area contributed by atoms with E-state index in [0.717, 1.165) is 30.0 Å². The summed E-state index contributed by atoms with van der Waals surface area (Å²) in [5.74, 6) is -3.21. The van der Waals surface area contributed by atoms with E-state index < -0.39 is 11.9 Å². The van der Waals surface area contributed by atoms with Gasteiger partial charge in [0.2, 0.25) is 0 Å². The Morgan fingerprint density at radius 3 is 2.05 bits per heavy atom. The third-order valence-electron chi connectivity index (χ3n) is 6.25. The number of carboxylic acid groups (broad SMARTS) is 2. The molecule has 0 fully saturated rings. The molecular formula is C28H37Cl2N3O4. The van der Waals surface area contributed by atoms with Crippen molar-refractivity contribution in [3.05, 3.63) is 58.1 Å². The van der Waals surface area contributed by atoms with Crippen molar-refractivity contribution < 1.29 is 24.4 Å². The van der Waals surface area contributed by atoms with Gasteiger partial charge in [-0.25, -0.2) is 13.9 Å². The van der Waals surface area contributed by atoms with Gasteiger partial charge in [0.25, 0.3) is 0 Å². The number of hydrogen-bond donors (Lipinski definition) is 2. The summed E-state index contributed by atoms with van der Waals surface area (Å²) in [6.07, 6.45) is 13.4. The normalized spacial score (nSPS) is 10.8. The predicted octanol–water partition coefficient (Wildman–Crippen LogP) is 5.61. The lowest BCUT2D eigenvalue weighted by molar-refractivity contribution is -0.648. The van der Waals surface area contributed by atoms with Crippen molar-refractivity contribution >= 4 is 52.1 Å². The molecule has 2 aromatic carbocycles. The number of nitrogens with zero attached hydrogens (tertiary/aromatic N) is 2. The molecule has 0 amide bonds. The second kappa shape index (κ2) is 16.2. The van der Waals surface area contributed by atoms with Gasteiger partial charge in [0.05, 0.1) is 23.1 Å². The Morgan fingerprint density at radius 2 is 1.49 bits per heavy atom. The number of aryl methyl sites for hydroxylation is 1. The Bertz CT molecular complexity index is 1150. The number of unbranched alkanes of at least 4 members (excludes halogenated alkanes) is 9. The average Bonchev–Trinajstić information content (AvgIpc) is 3.13. The molecule has 0 bridgehead atoms. The number of anilines is 1. The van der Waals surface area contributed by atoms with Crippen molar-refractivity contribution in [1.82, 2.24) is 4.57 Å².